The van der Waals surface area contributed by atoms with Crippen molar-refractivity contribution >= 4 is 26.8 Å². The van der Waals surface area contributed by atoms with Gasteiger partial charge < -0.3 is 14.0 Å². The second-order valence-corrected chi connectivity index (χ2v) is 9.29. The molecule has 0 unspecified atom stereocenters. The lowest BCUT2D eigenvalue weighted by Gasteiger charge is -2.13. The summed E-state index contributed by atoms with van der Waals surface area (Å²) in [6.45, 7) is 0.507. The maximum atomic E-state index is 13.3. The van der Waals surface area contributed by atoms with Crippen LogP contribution in [0.15, 0.2) is 52.1 Å². The highest BCUT2D eigenvalue weighted by atomic mass is 32.2. The summed E-state index contributed by atoms with van der Waals surface area (Å²) in [5.74, 6) is 0.814. The Morgan fingerprint density at radius 2 is 1.88 bits per heavy atom. The molecule has 0 atom stereocenters. The fourth-order valence-corrected chi connectivity index (χ4v) is 5.33. The molecule has 2 aromatic heterocycles. The molecule has 0 saturated carbocycles. The van der Waals surface area contributed by atoms with Gasteiger partial charge in [-0.3, -0.25) is 9.40 Å². The summed E-state index contributed by atoms with van der Waals surface area (Å²) in [5, 5.41) is 8.62. The molecule has 5 rings (SSSR count). The van der Waals surface area contributed by atoms with Crippen molar-refractivity contribution in [3.8, 4) is 11.5 Å². The van der Waals surface area contributed by atoms with Crippen molar-refractivity contribution in [1.82, 2.24) is 14.9 Å². The van der Waals surface area contributed by atoms with Crippen LogP contribution in [-0.2, 0) is 29.4 Å². The van der Waals surface area contributed by atoms with Crippen LogP contribution in [0.2, 0.25) is 0 Å². The molecule has 1 aliphatic carbocycles. The Kier molecular flexibility index (Phi) is 5.01. The van der Waals surface area contributed by atoms with Crippen molar-refractivity contribution in [2.75, 3.05) is 18.9 Å². The van der Waals surface area contributed by atoms with Gasteiger partial charge >= 0.3 is 0 Å². The number of nitrogens with one attached hydrogen (secondary N) is 1. The first-order valence-electron chi connectivity index (χ1n) is 10.1. The highest BCUT2D eigenvalue weighted by Gasteiger charge is 2.27. The summed E-state index contributed by atoms with van der Waals surface area (Å²) in [6.07, 6.45) is 6.32. The lowest BCUT2D eigenvalue weighted by atomic mass is 10.1. The van der Waals surface area contributed by atoms with Crippen LogP contribution in [0, 0.1) is 0 Å². The molecule has 0 fully saturated rings. The topological polar surface area (TPSA) is 108 Å². The largest absolute Gasteiger partial charge is 0.496 e. The van der Waals surface area contributed by atoms with Gasteiger partial charge in [-0.05, 0) is 66.3 Å². The number of anilines is 1. The number of methoxy groups -OCH3 is 2. The van der Waals surface area contributed by atoms with Crippen LogP contribution in [-0.4, -0.2) is 37.6 Å². The molecule has 10 heteroatoms. The van der Waals surface area contributed by atoms with E-state index in [-0.39, 0.29) is 10.7 Å². The van der Waals surface area contributed by atoms with E-state index in [1.807, 2.05) is 18.3 Å². The molecule has 166 valence electrons. The SMILES string of the molecule is COc1cc2c(cc1S(=O)(=O)Nc1noc3cc(Cn4cccn4)cc(OC)c13)CCC2. The van der Waals surface area contributed by atoms with Gasteiger partial charge in [0.05, 0.1) is 20.8 Å². The van der Waals surface area contributed by atoms with Gasteiger partial charge in [-0.1, -0.05) is 5.16 Å². The number of nitrogens with zero attached hydrogens (tertiary/aromatic N) is 3. The minimum atomic E-state index is -3.98. The van der Waals surface area contributed by atoms with Gasteiger partial charge in [0, 0.05) is 12.4 Å². The Balaban J connectivity index is 1.53. The number of benzene rings is 2. The number of aryl methyl sites for hydroxylation is 2. The number of aromatic nitrogens is 3. The molecule has 0 amide bonds. The first-order chi connectivity index (χ1) is 15.5. The van der Waals surface area contributed by atoms with Gasteiger partial charge in [-0.2, -0.15) is 5.10 Å². The zero-order valence-electron chi connectivity index (χ0n) is 17.7. The molecular weight excluding hydrogens is 432 g/mol. The normalized spacial score (nSPS) is 13.3. The predicted octanol–water partition coefficient (Wildman–Crippen LogP) is 3.38. The van der Waals surface area contributed by atoms with Crippen LogP contribution in [0.1, 0.15) is 23.1 Å². The zero-order valence-corrected chi connectivity index (χ0v) is 18.5. The van der Waals surface area contributed by atoms with Crippen LogP contribution in [0.25, 0.3) is 11.0 Å². The van der Waals surface area contributed by atoms with E-state index in [4.69, 9.17) is 14.0 Å². The van der Waals surface area contributed by atoms with Gasteiger partial charge in [0.15, 0.2) is 11.4 Å². The lowest BCUT2D eigenvalue weighted by Crippen LogP contribution is -2.15. The van der Waals surface area contributed by atoms with Crippen LogP contribution in [0.5, 0.6) is 11.5 Å². The summed E-state index contributed by atoms with van der Waals surface area (Å²) in [6, 6.07) is 8.94. The molecule has 0 spiro atoms. The monoisotopic (exact) mass is 454 g/mol. The fourth-order valence-electron chi connectivity index (χ4n) is 4.12. The van der Waals surface area contributed by atoms with E-state index in [0.29, 0.717) is 29.0 Å². The molecule has 1 aliphatic rings. The standard InChI is InChI=1S/C22H22N4O5S/c1-29-17-11-15-5-3-6-16(15)12-20(17)32(27,28)25-22-21-18(30-2)9-14(10-19(21)31-24-22)13-26-8-4-7-23-26/h4,7-12H,3,5-6,13H2,1-2H3,(H,24,25). The summed E-state index contributed by atoms with van der Waals surface area (Å²) in [4.78, 5) is 0.0751. The second-order valence-electron chi connectivity index (χ2n) is 7.64. The van der Waals surface area contributed by atoms with Crippen molar-refractivity contribution in [2.45, 2.75) is 30.7 Å². The molecule has 1 N–H and O–H groups in total. The molecule has 0 saturated heterocycles. The van der Waals surface area contributed by atoms with Crippen molar-refractivity contribution in [3.63, 3.8) is 0 Å². The minimum Gasteiger partial charge on any atom is -0.496 e. The Morgan fingerprint density at radius 3 is 2.59 bits per heavy atom. The van der Waals surface area contributed by atoms with Crippen molar-refractivity contribution in [1.29, 1.82) is 0 Å². The zero-order chi connectivity index (χ0) is 22.3. The predicted molar refractivity (Wildman–Crippen MR) is 118 cm³/mol. The molecule has 0 radical (unpaired) electrons. The maximum Gasteiger partial charge on any atom is 0.266 e. The molecule has 9 nitrogen and oxygen atoms in total. The Hall–Kier alpha value is -3.53. The van der Waals surface area contributed by atoms with Gasteiger partial charge in [-0.25, -0.2) is 8.42 Å². The van der Waals surface area contributed by atoms with Crippen LogP contribution >= 0.6 is 0 Å². The number of sulfonamides is 1. The third-order valence-corrected chi connectivity index (χ3v) is 6.98. The smallest absolute Gasteiger partial charge is 0.266 e. The van der Waals surface area contributed by atoms with Crippen LogP contribution in [0.3, 0.4) is 0 Å². The summed E-state index contributed by atoms with van der Waals surface area (Å²) < 4.78 is 47.2. The van der Waals surface area contributed by atoms with E-state index in [0.717, 1.165) is 36.0 Å². The molecule has 2 aromatic carbocycles. The average Bonchev–Trinajstić information content (AvgIpc) is 3.53. The Labute approximate surface area is 185 Å². The van der Waals surface area contributed by atoms with Crippen LogP contribution < -0.4 is 14.2 Å². The second kappa shape index (κ2) is 7.86. The number of ether oxygens (including phenoxy) is 2. The highest BCUT2D eigenvalue weighted by molar-refractivity contribution is 7.92. The third-order valence-electron chi connectivity index (χ3n) is 5.62. The molecule has 4 aromatic rings. The van der Waals surface area contributed by atoms with Gasteiger partial charge in [0.25, 0.3) is 10.0 Å². The molecule has 2 heterocycles. The van der Waals surface area contributed by atoms with Crippen molar-refractivity contribution in [3.05, 3.63) is 59.4 Å². The fraction of sp³-hybridized carbons (Fsp3) is 0.273. The van der Waals surface area contributed by atoms with E-state index in [1.165, 1.54) is 14.2 Å². The van der Waals surface area contributed by atoms with Gasteiger partial charge in [0.2, 0.25) is 0 Å². The average molecular weight is 455 g/mol. The van der Waals surface area contributed by atoms with E-state index >= 15 is 0 Å². The Morgan fingerprint density at radius 1 is 1.09 bits per heavy atom. The lowest BCUT2D eigenvalue weighted by molar-refractivity contribution is 0.402. The third kappa shape index (κ3) is 3.56. The van der Waals surface area contributed by atoms with Crippen LogP contribution in [0.4, 0.5) is 5.82 Å². The molecule has 32 heavy (non-hydrogen) atoms. The van der Waals surface area contributed by atoms with E-state index in [1.54, 1.807) is 29.1 Å². The molecular formula is C22H22N4O5S. The summed E-state index contributed by atoms with van der Waals surface area (Å²) in [7, 11) is -1.00. The van der Waals surface area contributed by atoms with E-state index in [2.05, 4.69) is 15.0 Å². The van der Waals surface area contributed by atoms with Crippen molar-refractivity contribution < 1.29 is 22.4 Å². The van der Waals surface area contributed by atoms with Gasteiger partial charge in [0.1, 0.15) is 21.8 Å². The maximum absolute atomic E-state index is 13.3. The number of hydrogen-bond donors (Lipinski definition) is 1. The van der Waals surface area contributed by atoms with Gasteiger partial charge in [-0.15, -0.1) is 0 Å². The summed E-state index contributed by atoms with van der Waals surface area (Å²) in [5.41, 5.74) is 3.44. The van der Waals surface area contributed by atoms with E-state index < -0.39 is 10.0 Å². The quantitative estimate of drug-likeness (QED) is 0.456. The number of rotatable bonds is 7. The first-order valence-corrected chi connectivity index (χ1v) is 11.6. The first kappa shape index (κ1) is 20.4. The molecule has 0 bridgehead atoms. The summed E-state index contributed by atoms with van der Waals surface area (Å²) >= 11 is 0. The minimum absolute atomic E-state index is 0.0602. The van der Waals surface area contributed by atoms with E-state index in [9.17, 15) is 8.42 Å². The number of hydrogen-bond acceptors (Lipinski definition) is 7. The highest BCUT2D eigenvalue weighted by Crippen LogP contribution is 2.37. The number of fused-ring (bicyclic) bond motifs is 2. The van der Waals surface area contributed by atoms with Crippen molar-refractivity contribution in [2.24, 2.45) is 0 Å². The molecule has 0 aliphatic heterocycles. The Bertz CT molecular complexity index is 1390.